The molecule has 0 bridgehead atoms. The summed E-state index contributed by atoms with van der Waals surface area (Å²) in [5, 5.41) is 2.56. The van der Waals surface area contributed by atoms with Crippen LogP contribution in [0.4, 0.5) is 0 Å². The quantitative estimate of drug-likeness (QED) is 0.268. The average Bonchev–Trinajstić information content (AvgIpc) is 3.19. The standard InChI is InChI=1S/C32H25N/c1-22-10-6-7-13-27(22)29-20-24(17-16-23(29)2)25-18-19-32-30(21-25)28-14-8-9-15-31(28)33(32)26-11-4-3-5-12-26/h3-21H,1-2H3. The number of rotatable bonds is 3. The van der Waals surface area contributed by atoms with Gasteiger partial charge in [-0.1, -0.05) is 78.9 Å². The molecule has 0 aliphatic carbocycles. The highest BCUT2D eigenvalue weighted by atomic mass is 15.0. The molecular weight excluding hydrogens is 398 g/mol. The fourth-order valence-electron chi connectivity index (χ4n) is 4.97. The van der Waals surface area contributed by atoms with Gasteiger partial charge in [0.25, 0.3) is 0 Å². The lowest BCUT2D eigenvalue weighted by Crippen LogP contribution is -1.93. The maximum absolute atomic E-state index is 2.36. The second kappa shape index (κ2) is 7.79. The first-order valence-electron chi connectivity index (χ1n) is 11.5. The van der Waals surface area contributed by atoms with Crippen LogP contribution in [0.1, 0.15) is 11.1 Å². The normalized spacial score (nSPS) is 11.3. The summed E-state index contributed by atoms with van der Waals surface area (Å²) in [4.78, 5) is 0. The summed E-state index contributed by atoms with van der Waals surface area (Å²) in [5.41, 5.74) is 11.4. The summed E-state index contributed by atoms with van der Waals surface area (Å²) in [6.07, 6.45) is 0. The zero-order valence-corrected chi connectivity index (χ0v) is 18.9. The highest BCUT2D eigenvalue weighted by molar-refractivity contribution is 6.10. The Morgan fingerprint density at radius 2 is 1.09 bits per heavy atom. The molecule has 0 atom stereocenters. The third kappa shape index (κ3) is 3.25. The van der Waals surface area contributed by atoms with E-state index in [4.69, 9.17) is 0 Å². The molecule has 6 rings (SSSR count). The molecule has 0 saturated carbocycles. The molecule has 0 aliphatic heterocycles. The van der Waals surface area contributed by atoms with Gasteiger partial charge in [0.05, 0.1) is 11.0 Å². The molecular formula is C32H25N. The van der Waals surface area contributed by atoms with E-state index < -0.39 is 0 Å². The van der Waals surface area contributed by atoms with Gasteiger partial charge in [-0.25, -0.2) is 0 Å². The van der Waals surface area contributed by atoms with Crippen molar-refractivity contribution in [2.45, 2.75) is 13.8 Å². The molecule has 1 nitrogen and oxygen atoms in total. The summed E-state index contributed by atoms with van der Waals surface area (Å²) < 4.78 is 2.36. The first kappa shape index (κ1) is 19.6. The first-order valence-corrected chi connectivity index (χ1v) is 11.5. The third-order valence-electron chi connectivity index (χ3n) is 6.69. The summed E-state index contributed by atoms with van der Waals surface area (Å²) in [5.74, 6) is 0. The molecule has 0 fully saturated rings. The fourth-order valence-corrected chi connectivity index (χ4v) is 4.97. The first-order chi connectivity index (χ1) is 16.2. The number of fused-ring (bicyclic) bond motifs is 3. The Balaban J connectivity index is 1.57. The van der Waals surface area contributed by atoms with Crippen molar-refractivity contribution in [2.24, 2.45) is 0 Å². The molecule has 0 radical (unpaired) electrons. The molecule has 0 amide bonds. The molecule has 1 heterocycles. The van der Waals surface area contributed by atoms with Crippen LogP contribution in [0.3, 0.4) is 0 Å². The molecule has 1 heteroatoms. The lowest BCUT2D eigenvalue weighted by atomic mass is 9.92. The molecule has 1 aromatic heterocycles. The second-order valence-electron chi connectivity index (χ2n) is 8.76. The van der Waals surface area contributed by atoms with Crippen LogP contribution in [0.15, 0.2) is 115 Å². The number of hydrogen-bond donors (Lipinski definition) is 0. The van der Waals surface area contributed by atoms with Gasteiger partial charge in [-0.2, -0.15) is 0 Å². The van der Waals surface area contributed by atoms with Gasteiger partial charge in [0, 0.05) is 16.5 Å². The van der Waals surface area contributed by atoms with Gasteiger partial charge in [0.1, 0.15) is 0 Å². The van der Waals surface area contributed by atoms with Crippen molar-refractivity contribution in [3.8, 4) is 27.9 Å². The number of hydrogen-bond acceptors (Lipinski definition) is 0. The smallest absolute Gasteiger partial charge is 0.0541 e. The Kier molecular flexibility index (Phi) is 4.62. The molecule has 0 saturated heterocycles. The lowest BCUT2D eigenvalue weighted by Gasteiger charge is -2.12. The van der Waals surface area contributed by atoms with Crippen LogP contribution in [0, 0.1) is 13.8 Å². The van der Waals surface area contributed by atoms with Gasteiger partial charge < -0.3 is 4.57 Å². The molecule has 0 unspecified atom stereocenters. The zero-order valence-electron chi connectivity index (χ0n) is 18.9. The third-order valence-corrected chi connectivity index (χ3v) is 6.69. The predicted octanol–water partition coefficient (Wildman–Crippen LogP) is 8.73. The Labute approximate surface area is 194 Å². The van der Waals surface area contributed by atoms with Crippen LogP contribution in [-0.2, 0) is 0 Å². The van der Waals surface area contributed by atoms with Gasteiger partial charge >= 0.3 is 0 Å². The van der Waals surface area contributed by atoms with E-state index in [-0.39, 0.29) is 0 Å². The van der Waals surface area contributed by atoms with E-state index in [2.05, 4.69) is 134 Å². The molecule has 5 aromatic carbocycles. The number of para-hydroxylation sites is 2. The minimum absolute atomic E-state index is 1.19. The van der Waals surface area contributed by atoms with Crippen LogP contribution in [0.25, 0.3) is 49.7 Å². The summed E-state index contributed by atoms with van der Waals surface area (Å²) in [6, 6.07) is 41.7. The highest BCUT2D eigenvalue weighted by Gasteiger charge is 2.13. The van der Waals surface area contributed by atoms with E-state index in [9.17, 15) is 0 Å². The van der Waals surface area contributed by atoms with Gasteiger partial charge in [-0.15, -0.1) is 0 Å². The predicted molar refractivity (Wildman–Crippen MR) is 141 cm³/mol. The van der Waals surface area contributed by atoms with E-state index >= 15 is 0 Å². The van der Waals surface area contributed by atoms with Gasteiger partial charge in [0.2, 0.25) is 0 Å². The number of benzene rings is 5. The highest BCUT2D eigenvalue weighted by Crippen LogP contribution is 2.36. The van der Waals surface area contributed by atoms with Crippen molar-refractivity contribution in [3.05, 3.63) is 126 Å². The maximum atomic E-state index is 2.36. The Morgan fingerprint density at radius 3 is 1.94 bits per heavy atom. The van der Waals surface area contributed by atoms with E-state index in [0.29, 0.717) is 0 Å². The van der Waals surface area contributed by atoms with E-state index in [1.54, 1.807) is 0 Å². The van der Waals surface area contributed by atoms with Crippen molar-refractivity contribution in [3.63, 3.8) is 0 Å². The van der Waals surface area contributed by atoms with Crippen LogP contribution in [0.5, 0.6) is 0 Å². The van der Waals surface area contributed by atoms with Gasteiger partial charge in [-0.3, -0.25) is 0 Å². The van der Waals surface area contributed by atoms with E-state index in [1.807, 2.05) is 0 Å². The van der Waals surface area contributed by atoms with Crippen molar-refractivity contribution < 1.29 is 0 Å². The van der Waals surface area contributed by atoms with E-state index in [0.717, 1.165) is 0 Å². The monoisotopic (exact) mass is 423 g/mol. The van der Waals surface area contributed by atoms with E-state index in [1.165, 1.54) is 60.9 Å². The molecule has 6 aromatic rings. The van der Waals surface area contributed by atoms with Crippen molar-refractivity contribution in [1.29, 1.82) is 0 Å². The summed E-state index contributed by atoms with van der Waals surface area (Å²) >= 11 is 0. The Hall–Kier alpha value is -4.10. The fraction of sp³-hybridized carbons (Fsp3) is 0.0625. The number of aromatic nitrogens is 1. The largest absolute Gasteiger partial charge is 0.309 e. The molecule has 0 spiro atoms. The number of nitrogens with zero attached hydrogens (tertiary/aromatic N) is 1. The summed E-state index contributed by atoms with van der Waals surface area (Å²) in [7, 11) is 0. The Morgan fingerprint density at radius 1 is 0.455 bits per heavy atom. The van der Waals surface area contributed by atoms with Crippen LogP contribution in [-0.4, -0.2) is 4.57 Å². The van der Waals surface area contributed by atoms with Crippen LogP contribution in [0.2, 0.25) is 0 Å². The second-order valence-corrected chi connectivity index (χ2v) is 8.76. The minimum Gasteiger partial charge on any atom is -0.309 e. The zero-order chi connectivity index (χ0) is 22.4. The number of aryl methyl sites for hydroxylation is 2. The molecule has 158 valence electrons. The topological polar surface area (TPSA) is 4.93 Å². The maximum Gasteiger partial charge on any atom is 0.0541 e. The SMILES string of the molecule is Cc1ccccc1-c1cc(-c2ccc3c(c2)c2ccccc2n3-c2ccccc2)ccc1C. The van der Waals surface area contributed by atoms with Crippen molar-refractivity contribution in [2.75, 3.05) is 0 Å². The van der Waals surface area contributed by atoms with Gasteiger partial charge in [-0.05, 0) is 83.6 Å². The van der Waals surface area contributed by atoms with Crippen molar-refractivity contribution in [1.82, 2.24) is 4.57 Å². The van der Waals surface area contributed by atoms with Crippen LogP contribution < -0.4 is 0 Å². The van der Waals surface area contributed by atoms with Crippen LogP contribution >= 0.6 is 0 Å². The molecule has 0 aliphatic rings. The lowest BCUT2D eigenvalue weighted by molar-refractivity contribution is 1.18. The minimum atomic E-state index is 1.19. The van der Waals surface area contributed by atoms with Crippen molar-refractivity contribution >= 4 is 21.8 Å². The van der Waals surface area contributed by atoms with Gasteiger partial charge in [0.15, 0.2) is 0 Å². The molecule has 33 heavy (non-hydrogen) atoms. The Bertz CT molecular complexity index is 1620. The summed E-state index contributed by atoms with van der Waals surface area (Å²) in [6.45, 7) is 4.38. The molecule has 0 N–H and O–H groups in total. The average molecular weight is 424 g/mol.